The molecule has 0 radical (unpaired) electrons. The van der Waals surface area contributed by atoms with E-state index in [9.17, 15) is 9.18 Å². The van der Waals surface area contributed by atoms with Crippen molar-refractivity contribution in [1.29, 1.82) is 0 Å². The molecule has 0 bridgehead atoms. The average Bonchev–Trinajstić information content (AvgIpc) is 2.48. The maximum Gasteiger partial charge on any atom is 0.220 e. The topological polar surface area (TPSA) is 29.1 Å². The van der Waals surface area contributed by atoms with E-state index in [0.29, 0.717) is 12.0 Å². The van der Waals surface area contributed by atoms with Crippen LogP contribution in [0.1, 0.15) is 41.6 Å². The van der Waals surface area contributed by atoms with Crippen LogP contribution in [0.4, 0.5) is 4.39 Å². The van der Waals surface area contributed by atoms with Crippen LogP contribution in [-0.4, -0.2) is 5.91 Å². The van der Waals surface area contributed by atoms with Gasteiger partial charge in [0.05, 0.1) is 6.04 Å². The lowest BCUT2D eigenvalue weighted by molar-refractivity contribution is -0.121. The minimum absolute atomic E-state index is 0.0481. The summed E-state index contributed by atoms with van der Waals surface area (Å²) in [6.45, 7) is 6.05. The molecule has 0 saturated carbocycles. The molecule has 1 amide bonds. The predicted molar refractivity (Wildman–Crippen MR) is 87.2 cm³/mol. The minimum atomic E-state index is -0.252. The molecule has 0 aliphatic heterocycles. The molecule has 0 aliphatic rings. The first-order valence-corrected chi connectivity index (χ1v) is 7.57. The summed E-state index contributed by atoms with van der Waals surface area (Å²) in [4.78, 5) is 12.1. The first kappa shape index (κ1) is 16.2. The molecule has 1 N–H and O–H groups in total. The lowest BCUT2D eigenvalue weighted by Gasteiger charge is -2.17. The molecule has 0 saturated heterocycles. The Kier molecular flexibility index (Phi) is 5.31. The molecule has 22 heavy (non-hydrogen) atoms. The van der Waals surface area contributed by atoms with Crippen LogP contribution in [0.15, 0.2) is 42.5 Å². The second kappa shape index (κ2) is 7.21. The number of carbonyl (C=O) groups is 1. The Bertz CT molecular complexity index is 666. The van der Waals surface area contributed by atoms with Gasteiger partial charge in [0.2, 0.25) is 5.91 Å². The zero-order valence-corrected chi connectivity index (χ0v) is 13.3. The molecule has 3 heteroatoms. The van der Waals surface area contributed by atoms with Gasteiger partial charge in [-0.3, -0.25) is 4.79 Å². The van der Waals surface area contributed by atoms with E-state index in [1.165, 1.54) is 11.6 Å². The number of hydrogen-bond acceptors (Lipinski definition) is 1. The minimum Gasteiger partial charge on any atom is -0.350 e. The fourth-order valence-electron chi connectivity index (χ4n) is 2.57. The van der Waals surface area contributed by atoms with E-state index in [2.05, 4.69) is 23.5 Å². The van der Waals surface area contributed by atoms with Crippen LogP contribution < -0.4 is 5.32 Å². The summed E-state index contributed by atoms with van der Waals surface area (Å²) >= 11 is 0. The summed E-state index contributed by atoms with van der Waals surface area (Å²) < 4.78 is 13.5. The lowest BCUT2D eigenvalue weighted by atomic mass is 9.99. The maximum atomic E-state index is 13.5. The third-order valence-electron chi connectivity index (χ3n) is 3.86. The van der Waals surface area contributed by atoms with Crippen LogP contribution in [0.2, 0.25) is 0 Å². The molecule has 2 aromatic carbocycles. The van der Waals surface area contributed by atoms with Gasteiger partial charge < -0.3 is 5.32 Å². The summed E-state index contributed by atoms with van der Waals surface area (Å²) in [5.74, 6) is -0.311. The highest BCUT2D eigenvalue weighted by Gasteiger charge is 2.12. The summed E-state index contributed by atoms with van der Waals surface area (Å²) in [6, 6.07) is 12.8. The molecule has 2 aromatic rings. The normalized spacial score (nSPS) is 12.0. The summed E-state index contributed by atoms with van der Waals surface area (Å²) in [5, 5.41) is 2.99. The Labute approximate surface area is 131 Å². The van der Waals surface area contributed by atoms with Gasteiger partial charge in [0, 0.05) is 6.42 Å². The van der Waals surface area contributed by atoms with Gasteiger partial charge in [0.25, 0.3) is 0 Å². The van der Waals surface area contributed by atoms with Gasteiger partial charge in [-0.05, 0) is 49.9 Å². The van der Waals surface area contributed by atoms with Gasteiger partial charge in [-0.15, -0.1) is 0 Å². The Morgan fingerprint density at radius 2 is 1.91 bits per heavy atom. The summed E-state index contributed by atoms with van der Waals surface area (Å²) in [7, 11) is 0. The van der Waals surface area contributed by atoms with Crippen molar-refractivity contribution in [3.63, 3.8) is 0 Å². The zero-order valence-electron chi connectivity index (χ0n) is 13.3. The van der Waals surface area contributed by atoms with Crippen LogP contribution >= 0.6 is 0 Å². The van der Waals surface area contributed by atoms with E-state index < -0.39 is 0 Å². The van der Waals surface area contributed by atoms with Gasteiger partial charge in [-0.1, -0.05) is 42.0 Å². The van der Waals surface area contributed by atoms with Gasteiger partial charge in [0.15, 0.2) is 0 Å². The molecule has 1 atom stereocenters. The van der Waals surface area contributed by atoms with E-state index >= 15 is 0 Å². The molecule has 0 fully saturated rings. The average molecular weight is 299 g/mol. The number of amides is 1. The molecular weight excluding hydrogens is 277 g/mol. The van der Waals surface area contributed by atoms with E-state index in [4.69, 9.17) is 0 Å². The molecule has 116 valence electrons. The van der Waals surface area contributed by atoms with Crippen LogP contribution in [-0.2, 0) is 11.2 Å². The molecular formula is C19H22FNO. The number of rotatable bonds is 5. The van der Waals surface area contributed by atoms with E-state index in [1.54, 1.807) is 18.2 Å². The Morgan fingerprint density at radius 1 is 1.18 bits per heavy atom. The Balaban J connectivity index is 1.94. The number of aryl methyl sites for hydroxylation is 3. The van der Waals surface area contributed by atoms with Crippen LogP contribution in [0.5, 0.6) is 0 Å². The number of halogens is 1. The molecule has 2 rings (SSSR count). The third kappa shape index (κ3) is 4.17. The molecule has 0 aromatic heterocycles. The van der Waals surface area contributed by atoms with Crippen molar-refractivity contribution in [3.8, 4) is 0 Å². The van der Waals surface area contributed by atoms with Crippen molar-refractivity contribution in [2.75, 3.05) is 0 Å². The SMILES string of the molecule is Cc1ccc(C)c(C(C)NC(=O)CCc2ccccc2F)c1. The number of benzene rings is 2. The van der Waals surface area contributed by atoms with Crippen LogP contribution in [0.25, 0.3) is 0 Å². The van der Waals surface area contributed by atoms with Crippen molar-refractivity contribution in [3.05, 3.63) is 70.5 Å². The highest BCUT2D eigenvalue weighted by atomic mass is 19.1. The van der Waals surface area contributed by atoms with Crippen molar-refractivity contribution >= 4 is 5.91 Å². The second-order valence-corrected chi connectivity index (χ2v) is 5.74. The largest absolute Gasteiger partial charge is 0.350 e. The van der Waals surface area contributed by atoms with Crippen molar-refractivity contribution in [2.45, 2.75) is 39.7 Å². The molecule has 1 unspecified atom stereocenters. The van der Waals surface area contributed by atoms with E-state index in [1.807, 2.05) is 20.8 Å². The second-order valence-electron chi connectivity index (χ2n) is 5.74. The molecule has 0 spiro atoms. The van der Waals surface area contributed by atoms with Crippen molar-refractivity contribution in [1.82, 2.24) is 5.32 Å². The van der Waals surface area contributed by atoms with Gasteiger partial charge in [-0.2, -0.15) is 0 Å². The number of carbonyl (C=O) groups excluding carboxylic acids is 1. The van der Waals surface area contributed by atoms with Crippen molar-refractivity contribution in [2.24, 2.45) is 0 Å². The fraction of sp³-hybridized carbons (Fsp3) is 0.316. The highest BCUT2D eigenvalue weighted by molar-refractivity contribution is 5.76. The number of nitrogens with one attached hydrogen (secondary N) is 1. The monoisotopic (exact) mass is 299 g/mol. The predicted octanol–water partition coefficient (Wildman–Crippen LogP) is 4.25. The first-order chi connectivity index (χ1) is 10.5. The molecule has 0 aliphatic carbocycles. The van der Waals surface area contributed by atoms with Gasteiger partial charge >= 0.3 is 0 Å². The lowest BCUT2D eigenvalue weighted by Crippen LogP contribution is -2.27. The van der Waals surface area contributed by atoms with E-state index in [0.717, 1.165) is 11.1 Å². The smallest absolute Gasteiger partial charge is 0.220 e. The third-order valence-corrected chi connectivity index (χ3v) is 3.86. The Morgan fingerprint density at radius 3 is 2.64 bits per heavy atom. The first-order valence-electron chi connectivity index (χ1n) is 7.57. The molecule has 0 heterocycles. The van der Waals surface area contributed by atoms with Gasteiger partial charge in [-0.25, -0.2) is 4.39 Å². The maximum absolute atomic E-state index is 13.5. The highest BCUT2D eigenvalue weighted by Crippen LogP contribution is 2.19. The quantitative estimate of drug-likeness (QED) is 0.878. The van der Waals surface area contributed by atoms with Gasteiger partial charge in [0.1, 0.15) is 5.82 Å². The van der Waals surface area contributed by atoms with Crippen LogP contribution in [0.3, 0.4) is 0 Å². The standard InChI is InChI=1S/C19H22FNO/c1-13-8-9-14(2)17(12-13)15(3)21-19(22)11-10-16-6-4-5-7-18(16)20/h4-9,12,15H,10-11H2,1-3H3,(H,21,22). The zero-order chi connectivity index (χ0) is 16.1. The fourth-order valence-corrected chi connectivity index (χ4v) is 2.57. The Hall–Kier alpha value is -2.16. The number of hydrogen-bond donors (Lipinski definition) is 1. The molecule has 2 nitrogen and oxygen atoms in total. The van der Waals surface area contributed by atoms with Crippen LogP contribution in [0, 0.1) is 19.7 Å². The summed E-state index contributed by atoms with van der Waals surface area (Å²) in [6.07, 6.45) is 0.703. The van der Waals surface area contributed by atoms with Crippen molar-refractivity contribution < 1.29 is 9.18 Å². The van der Waals surface area contributed by atoms with E-state index in [-0.39, 0.29) is 24.2 Å². The summed E-state index contributed by atoms with van der Waals surface area (Å²) in [5.41, 5.74) is 4.04.